The van der Waals surface area contributed by atoms with Gasteiger partial charge in [0.2, 0.25) is 0 Å². The van der Waals surface area contributed by atoms with E-state index in [0.717, 1.165) is 41.6 Å². The Hall–Kier alpha value is -1.90. The van der Waals surface area contributed by atoms with E-state index < -0.39 is 0 Å². The van der Waals surface area contributed by atoms with Crippen LogP contribution >= 0.6 is 0 Å². The Morgan fingerprint density at radius 2 is 2.17 bits per heavy atom. The van der Waals surface area contributed by atoms with Crippen LogP contribution in [0.15, 0.2) is 35.5 Å². The van der Waals surface area contributed by atoms with Crippen LogP contribution in [0.4, 0.5) is 5.69 Å². The summed E-state index contributed by atoms with van der Waals surface area (Å²) in [4.78, 5) is 22.1. The fourth-order valence-corrected chi connectivity index (χ4v) is 2.17. The van der Waals surface area contributed by atoms with E-state index in [1.807, 2.05) is 31.2 Å². The number of hydrogen-bond donors (Lipinski definition) is 1. The van der Waals surface area contributed by atoms with Crippen LogP contribution in [0, 0.1) is 0 Å². The molecule has 0 fully saturated rings. The average Bonchev–Trinajstić information content (AvgIpc) is 2.36. The average molecular weight is 243 g/mol. The monoisotopic (exact) mass is 243 g/mol. The zero-order valence-corrected chi connectivity index (χ0v) is 10.5. The summed E-state index contributed by atoms with van der Waals surface area (Å²) in [5, 5.41) is 3.30. The van der Waals surface area contributed by atoms with Crippen LogP contribution in [0.5, 0.6) is 0 Å². The van der Waals surface area contributed by atoms with Crippen LogP contribution in [0.25, 0.3) is 0 Å². The van der Waals surface area contributed by atoms with Crippen LogP contribution in [0.2, 0.25) is 0 Å². The van der Waals surface area contributed by atoms with Crippen LogP contribution in [0.3, 0.4) is 0 Å². The van der Waals surface area contributed by atoms with Gasteiger partial charge in [-0.1, -0.05) is 12.1 Å². The van der Waals surface area contributed by atoms with Gasteiger partial charge in [0.25, 0.3) is 0 Å². The summed E-state index contributed by atoms with van der Waals surface area (Å²) >= 11 is 0. The van der Waals surface area contributed by atoms with Gasteiger partial charge in [-0.2, -0.15) is 0 Å². The normalized spacial score (nSPS) is 15.7. The summed E-state index contributed by atoms with van der Waals surface area (Å²) in [6.45, 7) is 1.87. The van der Waals surface area contributed by atoms with Gasteiger partial charge in [0, 0.05) is 29.8 Å². The predicted octanol–water partition coefficient (Wildman–Crippen LogP) is 2.87. The smallest absolute Gasteiger partial charge is 0.160 e. The summed E-state index contributed by atoms with van der Waals surface area (Å²) < 4.78 is 0. The SMILES string of the molecule is CC1=C(Nc2cccc(CC=O)c2)CCCC1=O. The third-order valence-corrected chi connectivity index (χ3v) is 3.24. The van der Waals surface area contributed by atoms with E-state index in [1.165, 1.54) is 0 Å². The molecule has 0 unspecified atom stereocenters. The molecular weight excluding hydrogens is 226 g/mol. The Bertz CT molecular complexity index is 503. The fourth-order valence-electron chi connectivity index (χ4n) is 2.17. The maximum atomic E-state index is 11.6. The zero-order valence-electron chi connectivity index (χ0n) is 10.5. The first-order valence-electron chi connectivity index (χ1n) is 6.23. The number of hydrogen-bond acceptors (Lipinski definition) is 3. The van der Waals surface area contributed by atoms with E-state index in [1.54, 1.807) is 0 Å². The van der Waals surface area contributed by atoms with E-state index in [9.17, 15) is 9.59 Å². The van der Waals surface area contributed by atoms with Crippen LogP contribution < -0.4 is 5.32 Å². The van der Waals surface area contributed by atoms with E-state index in [2.05, 4.69) is 5.32 Å². The molecule has 1 aliphatic carbocycles. The van der Waals surface area contributed by atoms with Crippen molar-refractivity contribution in [3.8, 4) is 0 Å². The number of nitrogens with one attached hydrogen (secondary N) is 1. The van der Waals surface area contributed by atoms with Crippen molar-refractivity contribution >= 4 is 17.8 Å². The molecule has 0 aliphatic heterocycles. The molecule has 1 aromatic rings. The van der Waals surface area contributed by atoms with Gasteiger partial charge in [0.05, 0.1) is 0 Å². The first kappa shape index (κ1) is 12.6. The second-order valence-electron chi connectivity index (χ2n) is 4.58. The second kappa shape index (κ2) is 5.63. The molecule has 0 amide bonds. The highest BCUT2D eigenvalue weighted by molar-refractivity contribution is 5.96. The highest BCUT2D eigenvalue weighted by Crippen LogP contribution is 2.24. The Morgan fingerprint density at radius 3 is 2.94 bits per heavy atom. The maximum absolute atomic E-state index is 11.6. The summed E-state index contributed by atoms with van der Waals surface area (Å²) in [7, 11) is 0. The Kier molecular flexibility index (Phi) is 3.92. The van der Waals surface area contributed by atoms with Gasteiger partial charge < -0.3 is 10.1 Å². The van der Waals surface area contributed by atoms with Crippen molar-refractivity contribution in [2.24, 2.45) is 0 Å². The summed E-state index contributed by atoms with van der Waals surface area (Å²) in [6.07, 6.45) is 3.80. The van der Waals surface area contributed by atoms with Crippen molar-refractivity contribution in [2.45, 2.75) is 32.6 Å². The van der Waals surface area contributed by atoms with Gasteiger partial charge in [0.15, 0.2) is 5.78 Å². The van der Waals surface area contributed by atoms with Crippen molar-refractivity contribution in [1.82, 2.24) is 0 Å². The predicted molar refractivity (Wildman–Crippen MR) is 71.4 cm³/mol. The maximum Gasteiger partial charge on any atom is 0.160 e. The number of carbonyl (C=O) groups is 2. The van der Waals surface area contributed by atoms with Gasteiger partial charge in [-0.15, -0.1) is 0 Å². The molecule has 0 bridgehead atoms. The molecule has 0 spiro atoms. The molecule has 1 aliphatic rings. The van der Waals surface area contributed by atoms with E-state index in [-0.39, 0.29) is 5.78 Å². The van der Waals surface area contributed by atoms with Crippen LogP contribution in [0.1, 0.15) is 31.7 Å². The van der Waals surface area contributed by atoms with Gasteiger partial charge in [0.1, 0.15) is 6.29 Å². The number of benzene rings is 1. The Labute approximate surface area is 107 Å². The van der Waals surface area contributed by atoms with Crippen LogP contribution in [-0.4, -0.2) is 12.1 Å². The standard InChI is InChI=1S/C15H17NO2/c1-11-14(6-3-7-15(11)18)16-13-5-2-4-12(10-13)8-9-17/h2,4-5,9-10,16H,3,6-8H2,1H3. The molecule has 3 nitrogen and oxygen atoms in total. The molecule has 0 aromatic heterocycles. The number of carbonyl (C=O) groups excluding carboxylic acids is 2. The van der Waals surface area contributed by atoms with Crippen molar-refractivity contribution in [3.05, 3.63) is 41.1 Å². The lowest BCUT2D eigenvalue weighted by atomic mass is 9.96. The molecule has 3 heteroatoms. The number of ketones is 1. The first-order chi connectivity index (χ1) is 8.70. The lowest BCUT2D eigenvalue weighted by Gasteiger charge is -2.18. The van der Waals surface area contributed by atoms with Crippen molar-refractivity contribution in [3.63, 3.8) is 0 Å². The summed E-state index contributed by atoms with van der Waals surface area (Å²) in [6, 6.07) is 7.75. The minimum absolute atomic E-state index is 0.229. The topological polar surface area (TPSA) is 46.2 Å². The van der Waals surface area contributed by atoms with Gasteiger partial charge >= 0.3 is 0 Å². The highest BCUT2D eigenvalue weighted by Gasteiger charge is 2.16. The number of allylic oxidation sites excluding steroid dienone is 2. The van der Waals surface area contributed by atoms with Crippen molar-refractivity contribution in [1.29, 1.82) is 0 Å². The molecule has 0 radical (unpaired) electrons. The van der Waals surface area contributed by atoms with Crippen molar-refractivity contribution < 1.29 is 9.59 Å². The molecule has 18 heavy (non-hydrogen) atoms. The zero-order chi connectivity index (χ0) is 13.0. The van der Waals surface area contributed by atoms with Crippen LogP contribution in [-0.2, 0) is 16.0 Å². The third-order valence-electron chi connectivity index (χ3n) is 3.24. The van der Waals surface area contributed by atoms with E-state index in [0.29, 0.717) is 12.8 Å². The number of rotatable bonds is 4. The third kappa shape index (κ3) is 2.86. The van der Waals surface area contributed by atoms with E-state index in [4.69, 9.17) is 0 Å². The fraction of sp³-hybridized carbons (Fsp3) is 0.333. The molecule has 2 rings (SSSR count). The Morgan fingerprint density at radius 1 is 1.33 bits per heavy atom. The largest absolute Gasteiger partial charge is 0.359 e. The van der Waals surface area contributed by atoms with E-state index >= 15 is 0 Å². The molecule has 1 N–H and O–H groups in total. The Balaban J connectivity index is 2.18. The summed E-state index contributed by atoms with van der Waals surface area (Å²) in [5.74, 6) is 0.229. The molecular formula is C15H17NO2. The lowest BCUT2D eigenvalue weighted by Crippen LogP contribution is -2.14. The summed E-state index contributed by atoms with van der Waals surface area (Å²) in [5.41, 5.74) is 3.77. The molecule has 1 aromatic carbocycles. The van der Waals surface area contributed by atoms with Gasteiger partial charge in [-0.25, -0.2) is 0 Å². The molecule has 0 saturated carbocycles. The minimum Gasteiger partial charge on any atom is -0.359 e. The highest BCUT2D eigenvalue weighted by atomic mass is 16.1. The molecule has 94 valence electrons. The molecule has 0 atom stereocenters. The minimum atomic E-state index is 0.229. The molecule has 0 heterocycles. The van der Waals surface area contributed by atoms with Gasteiger partial charge in [-0.3, -0.25) is 4.79 Å². The number of anilines is 1. The first-order valence-corrected chi connectivity index (χ1v) is 6.23. The number of aldehydes is 1. The number of Topliss-reactive ketones (excluding diaryl/α,β-unsaturated/α-hetero) is 1. The van der Waals surface area contributed by atoms with Crippen molar-refractivity contribution in [2.75, 3.05) is 5.32 Å². The second-order valence-corrected chi connectivity index (χ2v) is 4.58. The van der Waals surface area contributed by atoms with Gasteiger partial charge in [-0.05, 0) is 37.5 Å². The quantitative estimate of drug-likeness (QED) is 0.827. The molecule has 0 saturated heterocycles. The lowest BCUT2D eigenvalue weighted by molar-refractivity contribution is -0.116.